The third-order valence-corrected chi connectivity index (χ3v) is 6.02. The molecule has 3 nitrogen and oxygen atoms in total. The number of aromatic amines is 1. The van der Waals surface area contributed by atoms with E-state index in [2.05, 4.69) is 54.5 Å². The first-order valence-electron chi connectivity index (χ1n) is 7.69. The maximum atomic E-state index is 4.10. The molecule has 2 bridgehead atoms. The van der Waals surface area contributed by atoms with Crippen molar-refractivity contribution in [2.24, 2.45) is 16.7 Å². The van der Waals surface area contributed by atoms with Crippen molar-refractivity contribution in [1.29, 1.82) is 0 Å². The molecule has 2 aliphatic carbocycles. The Hall–Kier alpha value is -1.51. The number of rotatable bonds is 2. The van der Waals surface area contributed by atoms with Crippen LogP contribution in [-0.2, 0) is 0 Å². The molecule has 0 saturated heterocycles. The Morgan fingerprint density at radius 1 is 1.30 bits per heavy atom. The van der Waals surface area contributed by atoms with Crippen molar-refractivity contribution in [3.63, 3.8) is 0 Å². The van der Waals surface area contributed by atoms with Crippen LogP contribution >= 0.6 is 0 Å². The van der Waals surface area contributed by atoms with E-state index in [-0.39, 0.29) is 0 Å². The lowest BCUT2D eigenvalue weighted by Gasteiger charge is -2.43. The second-order valence-electron chi connectivity index (χ2n) is 7.66. The molecule has 1 heterocycles. The van der Waals surface area contributed by atoms with Crippen LogP contribution in [0.1, 0.15) is 40.0 Å². The fourth-order valence-corrected chi connectivity index (χ4v) is 4.86. The summed E-state index contributed by atoms with van der Waals surface area (Å²) in [5, 5.41) is 12.1. The predicted octanol–water partition coefficient (Wildman–Crippen LogP) is 4.19. The average molecular weight is 269 g/mol. The Labute approximate surface area is 120 Å². The molecule has 0 aliphatic heterocycles. The Bertz CT molecular complexity index is 652. The first kappa shape index (κ1) is 12.2. The number of nitrogens with zero attached hydrogens (tertiary/aromatic N) is 1. The van der Waals surface area contributed by atoms with Gasteiger partial charge in [0.05, 0.1) is 11.7 Å². The molecular weight excluding hydrogens is 246 g/mol. The predicted molar refractivity (Wildman–Crippen MR) is 82.7 cm³/mol. The van der Waals surface area contributed by atoms with Gasteiger partial charge in [-0.2, -0.15) is 5.10 Å². The van der Waals surface area contributed by atoms with Crippen molar-refractivity contribution in [1.82, 2.24) is 10.2 Å². The Morgan fingerprint density at radius 3 is 2.90 bits per heavy atom. The number of fused-ring (bicyclic) bond motifs is 3. The summed E-state index contributed by atoms with van der Waals surface area (Å²) in [6, 6.07) is 7.07. The Morgan fingerprint density at radius 2 is 2.15 bits per heavy atom. The fraction of sp³-hybridized carbons (Fsp3) is 0.588. The molecule has 2 aromatic rings. The molecule has 3 heteroatoms. The van der Waals surface area contributed by atoms with Gasteiger partial charge in [-0.15, -0.1) is 0 Å². The van der Waals surface area contributed by atoms with Crippen molar-refractivity contribution in [3.05, 3.63) is 24.4 Å². The van der Waals surface area contributed by atoms with Gasteiger partial charge >= 0.3 is 0 Å². The van der Waals surface area contributed by atoms with Gasteiger partial charge in [0.15, 0.2) is 0 Å². The summed E-state index contributed by atoms with van der Waals surface area (Å²) in [5.74, 6) is 0.877. The molecule has 4 rings (SSSR count). The van der Waals surface area contributed by atoms with Gasteiger partial charge in [-0.25, -0.2) is 0 Å². The van der Waals surface area contributed by atoms with E-state index in [9.17, 15) is 0 Å². The topological polar surface area (TPSA) is 40.7 Å². The van der Waals surface area contributed by atoms with Crippen LogP contribution in [0.5, 0.6) is 0 Å². The zero-order chi connectivity index (χ0) is 14.0. The molecule has 106 valence electrons. The highest BCUT2D eigenvalue weighted by molar-refractivity contribution is 5.81. The van der Waals surface area contributed by atoms with Crippen LogP contribution in [0.2, 0.25) is 0 Å². The van der Waals surface area contributed by atoms with Crippen LogP contribution in [0.3, 0.4) is 0 Å². The number of hydrogen-bond donors (Lipinski definition) is 2. The van der Waals surface area contributed by atoms with E-state index >= 15 is 0 Å². The average Bonchev–Trinajstić information content (AvgIpc) is 3.05. The quantitative estimate of drug-likeness (QED) is 0.858. The normalized spacial score (nSPS) is 34.8. The van der Waals surface area contributed by atoms with Gasteiger partial charge < -0.3 is 5.32 Å². The summed E-state index contributed by atoms with van der Waals surface area (Å²) in [6.45, 7) is 7.35. The van der Waals surface area contributed by atoms with Gasteiger partial charge in [0, 0.05) is 17.1 Å². The molecular formula is C17H23N3. The Balaban J connectivity index is 1.67. The van der Waals surface area contributed by atoms with Crippen molar-refractivity contribution in [2.75, 3.05) is 5.32 Å². The lowest BCUT2D eigenvalue weighted by molar-refractivity contribution is 0.155. The molecule has 20 heavy (non-hydrogen) atoms. The monoisotopic (exact) mass is 269 g/mol. The second kappa shape index (κ2) is 3.78. The van der Waals surface area contributed by atoms with Crippen LogP contribution < -0.4 is 5.32 Å². The standard InChI is InChI=1S/C17H23N3/c1-16(2)12-6-7-17(3,9-12)15(16)19-13-4-5-14-11(8-13)10-18-20-14/h4-5,8,10,12,15,19H,6-7,9H2,1-3H3,(H,18,20). The minimum absolute atomic E-state index is 0.387. The molecule has 3 unspecified atom stereocenters. The molecule has 2 saturated carbocycles. The third kappa shape index (κ3) is 1.55. The van der Waals surface area contributed by atoms with Gasteiger partial charge in [0.2, 0.25) is 0 Å². The number of benzene rings is 1. The van der Waals surface area contributed by atoms with Crippen LogP contribution in [0.25, 0.3) is 10.9 Å². The van der Waals surface area contributed by atoms with E-state index in [0.717, 1.165) is 11.4 Å². The second-order valence-corrected chi connectivity index (χ2v) is 7.66. The highest BCUT2D eigenvalue weighted by Gasteiger charge is 2.59. The molecule has 2 N–H and O–H groups in total. The lowest BCUT2D eigenvalue weighted by Crippen LogP contribution is -2.45. The smallest absolute Gasteiger partial charge is 0.0651 e. The maximum absolute atomic E-state index is 4.10. The number of anilines is 1. The number of H-pyrrole nitrogens is 1. The molecule has 2 fully saturated rings. The minimum atomic E-state index is 0.387. The summed E-state index contributed by atoms with van der Waals surface area (Å²) >= 11 is 0. The summed E-state index contributed by atoms with van der Waals surface area (Å²) in [4.78, 5) is 0. The lowest BCUT2D eigenvalue weighted by atomic mass is 9.68. The van der Waals surface area contributed by atoms with E-state index in [1.54, 1.807) is 0 Å². The molecule has 0 spiro atoms. The number of nitrogens with one attached hydrogen (secondary N) is 2. The number of hydrogen-bond acceptors (Lipinski definition) is 2. The van der Waals surface area contributed by atoms with Gasteiger partial charge in [0.25, 0.3) is 0 Å². The van der Waals surface area contributed by atoms with E-state index in [0.29, 0.717) is 16.9 Å². The van der Waals surface area contributed by atoms with Gasteiger partial charge in [-0.05, 0) is 54.2 Å². The summed E-state index contributed by atoms with van der Waals surface area (Å²) < 4.78 is 0. The van der Waals surface area contributed by atoms with E-state index in [1.165, 1.54) is 30.3 Å². The third-order valence-electron chi connectivity index (χ3n) is 6.02. The summed E-state index contributed by atoms with van der Waals surface area (Å²) in [6.07, 6.45) is 6.05. The SMILES string of the molecule is CC12CCC(C1)C(C)(C)C2Nc1ccc2[nH]ncc2c1. The zero-order valence-electron chi connectivity index (χ0n) is 12.5. The van der Waals surface area contributed by atoms with Crippen LogP contribution in [0.15, 0.2) is 24.4 Å². The largest absolute Gasteiger partial charge is 0.381 e. The first-order valence-corrected chi connectivity index (χ1v) is 7.69. The number of aromatic nitrogens is 2. The molecule has 0 amide bonds. The van der Waals surface area contributed by atoms with Gasteiger partial charge in [-0.1, -0.05) is 20.8 Å². The molecule has 1 aromatic carbocycles. The highest BCUT2D eigenvalue weighted by atomic mass is 15.1. The maximum Gasteiger partial charge on any atom is 0.0651 e. The molecule has 1 aromatic heterocycles. The summed E-state index contributed by atoms with van der Waals surface area (Å²) in [5.41, 5.74) is 3.18. The fourth-order valence-electron chi connectivity index (χ4n) is 4.86. The van der Waals surface area contributed by atoms with Gasteiger partial charge in [-0.3, -0.25) is 5.10 Å². The molecule has 3 atom stereocenters. The van der Waals surface area contributed by atoms with Crippen molar-refractivity contribution in [3.8, 4) is 0 Å². The minimum Gasteiger partial charge on any atom is -0.381 e. The van der Waals surface area contributed by atoms with E-state index in [4.69, 9.17) is 0 Å². The van der Waals surface area contributed by atoms with Crippen molar-refractivity contribution < 1.29 is 0 Å². The molecule has 2 aliphatic rings. The van der Waals surface area contributed by atoms with E-state index in [1.807, 2.05) is 6.20 Å². The molecule has 0 radical (unpaired) electrons. The Kier molecular flexibility index (Phi) is 2.31. The first-order chi connectivity index (χ1) is 9.49. The summed E-state index contributed by atoms with van der Waals surface area (Å²) in [7, 11) is 0. The van der Waals surface area contributed by atoms with E-state index < -0.39 is 0 Å². The van der Waals surface area contributed by atoms with Crippen LogP contribution in [-0.4, -0.2) is 16.2 Å². The zero-order valence-corrected chi connectivity index (χ0v) is 12.5. The highest BCUT2D eigenvalue weighted by Crippen LogP contribution is 2.63. The van der Waals surface area contributed by atoms with Crippen molar-refractivity contribution in [2.45, 2.75) is 46.1 Å². The van der Waals surface area contributed by atoms with Crippen molar-refractivity contribution >= 4 is 16.6 Å². The van der Waals surface area contributed by atoms with Crippen LogP contribution in [0, 0.1) is 16.7 Å². The van der Waals surface area contributed by atoms with Crippen LogP contribution in [0.4, 0.5) is 5.69 Å². The van der Waals surface area contributed by atoms with Gasteiger partial charge in [0.1, 0.15) is 0 Å².